The van der Waals surface area contributed by atoms with E-state index in [9.17, 15) is 25.0 Å². The Bertz CT molecular complexity index is 1020. The highest BCUT2D eigenvalue weighted by atomic mass is 31.2. The number of hydrogen-bond donors (Lipinski definition) is 4. The third kappa shape index (κ3) is 7.00. The van der Waals surface area contributed by atoms with Gasteiger partial charge in [0.15, 0.2) is 0 Å². The van der Waals surface area contributed by atoms with Crippen molar-refractivity contribution in [1.29, 1.82) is 0 Å². The summed E-state index contributed by atoms with van der Waals surface area (Å²) in [4.78, 5) is 0. The van der Waals surface area contributed by atoms with E-state index in [0.717, 1.165) is 11.1 Å². The van der Waals surface area contributed by atoms with Crippen molar-refractivity contribution in [3.05, 3.63) is 66.0 Å². The molecule has 0 amide bonds. The van der Waals surface area contributed by atoms with Gasteiger partial charge in [-0.05, 0) is 37.5 Å². The number of rotatable bonds is 11. The van der Waals surface area contributed by atoms with Crippen molar-refractivity contribution in [1.82, 2.24) is 0 Å². The molecule has 0 spiro atoms. The fraction of sp³-hybridized carbons (Fsp3) is 0.440. The number of aliphatic hydroxyl groups is 4. The van der Waals surface area contributed by atoms with Gasteiger partial charge in [-0.3, -0.25) is 4.57 Å². The standard InChI is InChI=1S/C25H33O9P/c1-3-31-35(30,32-4-2)14-8-10-17-9-7-11-18(15-17)19-12-5-6-13-20(19)33-25-24(29)23(28)22(27)21(16-26)34-25/h5-9,11-15,21-29H,3-4,10,16H2,1-2H3/b14-8-/t21-,22-,23+,24+,25+/m1/s1. The highest BCUT2D eigenvalue weighted by molar-refractivity contribution is 7.57. The summed E-state index contributed by atoms with van der Waals surface area (Å²) >= 11 is 0. The third-order valence-electron chi connectivity index (χ3n) is 5.48. The Morgan fingerprint density at radius 3 is 2.37 bits per heavy atom. The smallest absolute Gasteiger partial charge is 0.353 e. The molecule has 1 aliphatic rings. The minimum Gasteiger partial charge on any atom is -0.461 e. The molecule has 0 aromatic heterocycles. The minimum atomic E-state index is -3.27. The quantitative estimate of drug-likeness (QED) is 0.338. The van der Waals surface area contributed by atoms with Crippen molar-refractivity contribution in [3.63, 3.8) is 0 Å². The topological polar surface area (TPSA) is 135 Å². The summed E-state index contributed by atoms with van der Waals surface area (Å²) in [5, 5.41) is 39.8. The molecule has 0 bridgehead atoms. The van der Waals surface area contributed by atoms with Crippen molar-refractivity contribution < 1.29 is 43.5 Å². The van der Waals surface area contributed by atoms with Crippen LogP contribution in [0.15, 0.2) is 60.4 Å². The zero-order chi connectivity index (χ0) is 25.4. The predicted molar refractivity (Wildman–Crippen MR) is 130 cm³/mol. The molecule has 1 aliphatic heterocycles. The Balaban J connectivity index is 1.79. The number of ether oxygens (including phenoxy) is 2. The van der Waals surface area contributed by atoms with Crippen LogP contribution < -0.4 is 4.74 Å². The van der Waals surface area contributed by atoms with Crippen LogP contribution in [-0.4, -0.2) is 71.0 Å². The van der Waals surface area contributed by atoms with Crippen LogP contribution in [0.4, 0.5) is 0 Å². The highest BCUT2D eigenvalue weighted by Gasteiger charge is 2.44. The first-order valence-corrected chi connectivity index (χ1v) is 13.1. The lowest BCUT2D eigenvalue weighted by molar-refractivity contribution is -0.277. The number of aliphatic hydroxyl groups excluding tert-OH is 4. The van der Waals surface area contributed by atoms with Crippen LogP contribution in [0.25, 0.3) is 11.1 Å². The highest BCUT2D eigenvalue weighted by Crippen LogP contribution is 2.49. The number of benzene rings is 2. The molecule has 0 aliphatic carbocycles. The maximum Gasteiger partial charge on any atom is 0.353 e. The molecule has 2 aromatic rings. The Morgan fingerprint density at radius 1 is 0.971 bits per heavy atom. The summed E-state index contributed by atoms with van der Waals surface area (Å²) in [5.41, 5.74) is 2.49. The molecule has 35 heavy (non-hydrogen) atoms. The first kappa shape index (κ1) is 27.5. The van der Waals surface area contributed by atoms with Gasteiger partial charge in [-0.1, -0.05) is 48.5 Å². The molecule has 2 aromatic carbocycles. The van der Waals surface area contributed by atoms with Crippen LogP contribution in [-0.2, 0) is 24.8 Å². The van der Waals surface area contributed by atoms with Crippen molar-refractivity contribution in [2.75, 3.05) is 19.8 Å². The average Bonchev–Trinajstić information content (AvgIpc) is 2.85. The third-order valence-corrected chi connectivity index (χ3v) is 7.29. The molecule has 192 valence electrons. The van der Waals surface area contributed by atoms with Crippen molar-refractivity contribution in [2.24, 2.45) is 0 Å². The molecule has 1 saturated heterocycles. The van der Waals surface area contributed by atoms with E-state index in [4.69, 9.17) is 18.5 Å². The van der Waals surface area contributed by atoms with Gasteiger partial charge in [-0.2, -0.15) is 0 Å². The van der Waals surface area contributed by atoms with Gasteiger partial charge < -0.3 is 38.9 Å². The van der Waals surface area contributed by atoms with Gasteiger partial charge in [0.2, 0.25) is 6.29 Å². The predicted octanol–water partition coefficient (Wildman–Crippen LogP) is 2.85. The van der Waals surface area contributed by atoms with Gasteiger partial charge in [-0.25, -0.2) is 0 Å². The molecule has 0 saturated carbocycles. The Kier molecular flexibility index (Phi) is 10.0. The lowest BCUT2D eigenvalue weighted by Crippen LogP contribution is -2.60. The Hall–Kier alpha value is -2.07. The summed E-state index contributed by atoms with van der Waals surface area (Å²) in [5.74, 6) is 1.87. The summed E-state index contributed by atoms with van der Waals surface area (Å²) in [6, 6.07) is 14.8. The van der Waals surface area contributed by atoms with E-state index in [2.05, 4.69) is 0 Å². The second kappa shape index (κ2) is 12.8. The second-order valence-corrected chi connectivity index (χ2v) is 9.87. The molecule has 9 nitrogen and oxygen atoms in total. The average molecular weight is 509 g/mol. The van der Waals surface area contributed by atoms with E-state index in [0.29, 0.717) is 17.7 Å². The van der Waals surface area contributed by atoms with Crippen LogP contribution in [0, 0.1) is 0 Å². The van der Waals surface area contributed by atoms with Gasteiger partial charge in [0.1, 0.15) is 30.2 Å². The fourth-order valence-electron chi connectivity index (χ4n) is 3.76. The van der Waals surface area contributed by atoms with E-state index >= 15 is 0 Å². The Morgan fingerprint density at radius 2 is 1.69 bits per heavy atom. The van der Waals surface area contributed by atoms with Gasteiger partial charge in [0.25, 0.3) is 0 Å². The minimum absolute atomic E-state index is 0.280. The van der Waals surface area contributed by atoms with Crippen LogP contribution in [0.2, 0.25) is 0 Å². The number of para-hydroxylation sites is 1. The lowest BCUT2D eigenvalue weighted by Gasteiger charge is -2.39. The molecule has 0 radical (unpaired) electrons. The van der Waals surface area contributed by atoms with E-state index in [1.807, 2.05) is 36.4 Å². The molecule has 1 heterocycles. The monoisotopic (exact) mass is 508 g/mol. The first-order valence-electron chi connectivity index (χ1n) is 11.5. The van der Waals surface area contributed by atoms with Crippen LogP contribution >= 0.6 is 7.60 Å². The maximum atomic E-state index is 12.6. The molecule has 3 rings (SSSR count). The van der Waals surface area contributed by atoms with Gasteiger partial charge in [0.05, 0.1) is 19.8 Å². The lowest BCUT2D eigenvalue weighted by atomic mass is 9.99. The van der Waals surface area contributed by atoms with Crippen molar-refractivity contribution in [3.8, 4) is 16.9 Å². The second-order valence-electron chi connectivity index (χ2n) is 7.98. The van der Waals surface area contributed by atoms with E-state index < -0.39 is 44.9 Å². The largest absolute Gasteiger partial charge is 0.461 e. The molecule has 0 unspecified atom stereocenters. The molecule has 5 atom stereocenters. The normalized spacial score (nSPS) is 25.1. The summed E-state index contributed by atoms with van der Waals surface area (Å²) in [6.07, 6.45) is -4.61. The summed E-state index contributed by atoms with van der Waals surface area (Å²) in [6.45, 7) is 3.53. The van der Waals surface area contributed by atoms with Crippen molar-refractivity contribution in [2.45, 2.75) is 51.0 Å². The number of hydrogen-bond acceptors (Lipinski definition) is 9. The van der Waals surface area contributed by atoms with E-state index in [1.54, 1.807) is 32.1 Å². The van der Waals surface area contributed by atoms with Crippen LogP contribution in [0.3, 0.4) is 0 Å². The Labute approximate surface area is 205 Å². The maximum absolute atomic E-state index is 12.6. The van der Waals surface area contributed by atoms with Crippen molar-refractivity contribution >= 4 is 7.60 Å². The van der Waals surface area contributed by atoms with Crippen LogP contribution in [0.5, 0.6) is 5.75 Å². The molecule has 10 heteroatoms. The molecular formula is C25H33O9P. The fourth-order valence-corrected chi connectivity index (χ4v) is 5.09. The zero-order valence-electron chi connectivity index (χ0n) is 19.8. The van der Waals surface area contributed by atoms with Gasteiger partial charge in [0, 0.05) is 11.4 Å². The van der Waals surface area contributed by atoms with Gasteiger partial charge >= 0.3 is 7.60 Å². The van der Waals surface area contributed by atoms with Gasteiger partial charge in [-0.15, -0.1) is 0 Å². The van der Waals surface area contributed by atoms with Crippen LogP contribution in [0.1, 0.15) is 19.4 Å². The van der Waals surface area contributed by atoms with E-state index in [-0.39, 0.29) is 13.2 Å². The molecule has 1 fully saturated rings. The summed E-state index contributed by atoms with van der Waals surface area (Å²) in [7, 11) is -3.27. The first-order chi connectivity index (χ1) is 16.8. The van der Waals surface area contributed by atoms with E-state index in [1.165, 1.54) is 5.82 Å². The molecular weight excluding hydrogens is 475 g/mol. The summed E-state index contributed by atoms with van der Waals surface area (Å²) < 4.78 is 34.5. The number of allylic oxidation sites excluding steroid dienone is 1. The SMILES string of the molecule is CCOP(=O)(/C=C\Cc1cccc(-c2ccccc2O[C@H]2O[C@H](CO)[C@@H](O)[C@H](O)[C@@H]2O)c1)OCC. The zero-order valence-corrected chi connectivity index (χ0v) is 20.7. The molecule has 4 N–H and O–H groups in total.